The van der Waals surface area contributed by atoms with Crippen LogP contribution < -0.4 is 16.0 Å². The Labute approximate surface area is 192 Å². The van der Waals surface area contributed by atoms with Crippen molar-refractivity contribution in [2.45, 2.75) is 19.3 Å². The number of aryl methyl sites for hydroxylation is 1. The van der Waals surface area contributed by atoms with Crippen LogP contribution in [0, 0.1) is 5.82 Å². The van der Waals surface area contributed by atoms with Gasteiger partial charge in [0.05, 0.1) is 11.6 Å². The third-order valence-corrected chi connectivity index (χ3v) is 4.77. The summed E-state index contributed by atoms with van der Waals surface area (Å²) in [6.07, 6.45) is 3.27. The molecule has 3 rings (SSSR count). The average molecular weight is 526 g/mol. The van der Waals surface area contributed by atoms with Crippen LogP contribution in [-0.2, 0) is 12.5 Å². The van der Waals surface area contributed by atoms with Crippen molar-refractivity contribution < 1.29 is 4.39 Å². The molecule has 0 atom stereocenters. The van der Waals surface area contributed by atoms with Gasteiger partial charge in [-0.05, 0) is 17.7 Å². The standard InChI is InChI=1S/C20H27FN8.HI/c1-20(2,14-6-5-7-15(21)10-14)12-25-19(22-3)24-9-8-23-17-16-11-28-29(4)18(16)27-13-26-17;/h5-7,10-11,13H,8-9,12H2,1-4H3,(H2,22,24,25)(H,23,26,27);1H. The second-order valence-corrected chi connectivity index (χ2v) is 7.40. The number of aliphatic imine (C=N–C) groups is 1. The number of hydrogen-bond acceptors (Lipinski definition) is 5. The fraction of sp³-hybridized carbons (Fsp3) is 0.400. The van der Waals surface area contributed by atoms with E-state index < -0.39 is 0 Å². The summed E-state index contributed by atoms with van der Waals surface area (Å²) in [6.45, 7) is 6.04. The van der Waals surface area contributed by atoms with E-state index in [-0.39, 0.29) is 35.2 Å². The lowest BCUT2D eigenvalue weighted by molar-refractivity contribution is 0.503. The summed E-state index contributed by atoms with van der Waals surface area (Å²) in [5, 5.41) is 15.0. The zero-order valence-corrected chi connectivity index (χ0v) is 19.9. The van der Waals surface area contributed by atoms with Crippen LogP contribution in [0.15, 0.2) is 41.8 Å². The topological polar surface area (TPSA) is 92.1 Å². The lowest BCUT2D eigenvalue weighted by Gasteiger charge is -2.27. The molecule has 2 aromatic heterocycles. The van der Waals surface area contributed by atoms with Crippen molar-refractivity contribution >= 4 is 46.8 Å². The van der Waals surface area contributed by atoms with Gasteiger partial charge in [0.15, 0.2) is 11.6 Å². The molecule has 0 saturated carbocycles. The molecule has 0 amide bonds. The molecule has 0 aliphatic rings. The lowest BCUT2D eigenvalue weighted by Crippen LogP contribution is -2.44. The van der Waals surface area contributed by atoms with Crippen LogP contribution in [0.1, 0.15) is 19.4 Å². The van der Waals surface area contributed by atoms with E-state index in [0.29, 0.717) is 25.6 Å². The lowest BCUT2D eigenvalue weighted by atomic mass is 9.84. The van der Waals surface area contributed by atoms with Gasteiger partial charge in [0.25, 0.3) is 0 Å². The largest absolute Gasteiger partial charge is 0.368 e. The maximum atomic E-state index is 13.5. The van der Waals surface area contributed by atoms with Crippen molar-refractivity contribution in [2.75, 3.05) is 32.0 Å². The highest BCUT2D eigenvalue weighted by molar-refractivity contribution is 14.0. The van der Waals surface area contributed by atoms with Gasteiger partial charge in [-0.3, -0.25) is 9.67 Å². The Morgan fingerprint density at radius 2 is 2.00 bits per heavy atom. The Bertz CT molecular complexity index is 1000. The van der Waals surface area contributed by atoms with Crippen molar-refractivity contribution in [3.8, 4) is 0 Å². The number of rotatable bonds is 7. The molecule has 10 heteroatoms. The Balaban J connectivity index is 0.00000320. The first-order valence-corrected chi connectivity index (χ1v) is 9.48. The molecule has 30 heavy (non-hydrogen) atoms. The number of halogens is 2. The van der Waals surface area contributed by atoms with Gasteiger partial charge in [-0.1, -0.05) is 26.0 Å². The number of aromatic nitrogens is 4. The van der Waals surface area contributed by atoms with Gasteiger partial charge in [-0.25, -0.2) is 14.4 Å². The molecule has 0 aliphatic carbocycles. The van der Waals surface area contributed by atoms with E-state index in [1.54, 1.807) is 30.1 Å². The van der Waals surface area contributed by atoms with Crippen molar-refractivity contribution in [3.05, 3.63) is 48.2 Å². The van der Waals surface area contributed by atoms with Gasteiger partial charge >= 0.3 is 0 Å². The second-order valence-electron chi connectivity index (χ2n) is 7.40. The maximum Gasteiger partial charge on any atom is 0.191 e. The minimum atomic E-state index is -0.245. The number of hydrogen-bond donors (Lipinski definition) is 3. The third-order valence-electron chi connectivity index (χ3n) is 4.77. The van der Waals surface area contributed by atoms with Gasteiger partial charge in [0.1, 0.15) is 18.0 Å². The zero-order chi connectivity index (χ0) is 20.9. The SMILES string of the molecule is CN=C(NCCNc1ncnc2c1cnn2C)NCC(C)(C)c1cccc(F)c1.I. The average Bonchev–Trinajstić information content (AvgIpc) is 3.09. The van der Waals surface area contributed by atoms with E-state index in [0.717, 1.165) is 22.4 Å². The molecule has 0 unspecified atom stereocenters. The molecule has 0 fully saturated rings. The Morgan fingerprint density at radius 3 is 2.73 bits per heavy atom. The molecule has 1 aromatic carbocycles. The monoisotopic (exact) mass is 526 g/mol. The smallest absolute Gasteiger partial charge is 0.191 e. The van der Waals surface area contributed by atoms with E-state index >= 15 is 0 Å². The Kier molecular flexibility index (Phi) is 8.33. The summed E-state index contributed by atoms with van der Waals surface area (Å²) >= 11 is 0. The van der Waals surface area contributed by atoms with Crippen molar-refractivity contribution in [2.24, 2.45) is 12.0 Å². The predicted octanol–water partition coefficient (Wildman–Crippen LogP) is 2.68. The minimum Gasteiger partial charge on any atom is -0.368 e. The van der Waals surface area contributed by atoms with Gasteiger partial charge < -0.3 is 16.0 Å². The van der Waals surface area contributed by atoms with Crippen LogP contribution in [-0.4, -0.2) is 52.4 Å². The maximum absolute atomic E-state index is 13.5. The fourth-order valence-corrected chi connectivity index (χ4v) is 3.00. The zero-order valence-electron chi connectivity index (χ0n) is 17.6. The number of fused-ring (bicyclic) bond motifs is 1. The van der Waals surface area contributed by atoms with Crippen LogP contribution in [0.25, 0.3) is 11.0 Å². The van der Waals surface area contributed by atoms with Gasteiger partial charge in [0.2, 0.25) is 0 Å². The van der Waals surface area contributed by atoms with E-state index in [4.69, 9.17) is 0 Å². The van der Waals surface area contributed by atoms with Gasteiger partial charge in [0, 0.05) is 39.1 Å². The van der Waals surface area contributed by atoms with Crippen LogP contribution in [0.4, 0.5) is 10.2 Å². The van der Waals surface area contributed by atoms with E-state index in [2.05, 4.69) is 49.9 Å². The van der Waals surface area contributed by atoms with Crippen LogP contribution >= 0.6 is 24.0 Å². The van der Waals surface area contributed by atoms with Crippen LogP contribution in [0.2, 0.25) is 0 Å². The normalized spacial score (nSPS) is 11.8. The molecule has 162 valence electrons. The first-order valence-electron chi connectivity index (χ1n) is 9.48. The Hall–Kier alpha value is -2.50. The third kappa shape index (κ3) is 5.77. The molecular formula is C20H28FIN8. The number of benzene rings is 1. The summed E-state index contributed by atoms with van der Waals surface area (Å²) in [7, 11) is 3.57. The molecule has 8 nitrogen and oxygen atoms in total. The minimum absolute atomic E-state index is 0. The molecule has 0 radical (unpaired) electrons. The molecule has 0 saturated heterocycles. The molecular weight excluding hydrogens is 498 g/mol. The second kappa shape index (κ2) is 10.5. The Morgan fingerprint density at radius 1 is 1.20 bits per heavy atom. The summed E-state index contributed by atoms with van der Waals surface area (Å²) in [6, 6.07) is 6.70. The van der Waals surface area contributed by atoms with E-state index in [1.165, 1.54) is 12.4 Å². The summed E-state index contributed by atoms with van der Waals surface area (Å²) in [5.41, 5.74) is 1.48. The molecule has 2 heterocycles. The molecule has 0 bridgehead atoms. The molecule has 0 aliphatic heterocycles. The molecule has 3 N–H and O–H groups in total. The number of guanidine groups is 1. The first kappa shape index (κ1) is 23.8. The van der Waals surface area contributed by atoms with E-state index in [1.807, 2.05) is 13.1 Å². The van der Waals surface area contributed by atoms with Crippen molar-refractivity contribution in [1.82, 2.24) is 30.4 Å². The van der Waals surface area contributed by atoms with Crippen molar-refractivity contribution in [3.63, 3.8) is 0 Å². The number of nitrogens with zero attached hydrogens (tertiary/aromatic N) is 5. The molecule has 0 spiro atoms. The quantitative estimate of drug-likeness (QED) is 0.190. The predicted molar refractivity (Wildman–Crippen MR) is 129 cm³/mol. The van der Waals surface area contributed by atoms with E-state index in [9.17, 15) is 4.39 Å². The number of nitrogens with one attached hydrogen (secondary N) is 3. The van der Waals surface area contributed by atoms with Gasteiger partial charge in [-0.15, -0.1) is 24.0 Å². The first-order chi connectivity index (χ1) is 13.9. The van der Waals surface area contributed by atoms with Crippen LogP contribution in [0.5, 0.6) is 0 Å². The molecule has 3 aromatic rings. The number of anilines is 1. The highest BCUT2D eigenvalue weighted by Crippen LogP contribution is 2.22. The summed E-state index contributed by atoms with van der Waals surface area (Å²) < 4.78 is 15.2. The highest BCUT2D eigenvalue weighted by atomic mass is 127. The summed E-state index contributed by atoms with van der Waals surface area (Å²) in [4.78, 5) is 12.8. The highest BCUT2D eigenvalue weighted by Gasteiger charge is 2.21. The fourth-order valence-electron chi connectivity index (χ4n) is 3.00. The summed E-state index contributed by atoms with van der Waals surface area (Å²) in [5.74, 6) is 1.21. The van der Waals surface area contributed by atoms with Crippen molar-refractivity contribution in [1.29, 1.82) is 0 Å². The van der Waals surface area contributed by atoms with Gasteiger partial charge in [-0.2, -0.15) is 5.10 Å². The van der Waals surface area contributed by atoms with Crippen LogP contribution in [0.3, 0.4) is 0 Å².